The summed E-state index contributed by atoms with van der Waals surface area (Å²) in [4.78, 5) is 28.2. The molecular weight excluding hydrogens is 340 g/mol. The summed E-state index contributed by atoms with van der Waals surface area (Å²) in [5.41, 5.74) is 1.58. The summed E-state index contributed by atoms with van der Waals surface area (Å²) in [6.45, 7) is 0. The molecule has 0 bridgehead atoms. The second kappa shape index (κ2) is 7.23. The molecule has 2 aromatic carbocycles. The van der Waals surface area contributed by atoms with Crippen molar-refractivity contribution in [3.05, 3.63) is 64.6 Å². The highest BCUT2D eigenvalue weighted by atomic mass is 32.2. The van der Waals surface area contributed by atoms with Gasteiger partial charge in [-0.05, 0) is 48.2 Å². The first-order chi connectivity index (χ1) is 12.1. The molecule has 0 aromatic heterocycles. The zero-order valence-corrected chi connectivity index (χ0v) is 14.0. The molecule has 0 unspecified atom stereocenters. The smallest absolute Gasteiger partial charge is 0.337 e. The number of carbonyl (C=O) groups is 2. The molecule has 126 valence electrons. The quantitative estimate of drug-likeness (QED) is 0.653. The van der Waals surface area contributed by atoms with Gasteiger partial charge in [0.05, 0.1) is 23.3 Å². The van der Waals surface area contributed by atoms with Crippen molar-refractivity contribution in [1.29, 1.82) is 0 Å². The third kappa shape index (κ3) is 3.89. The number of benzene rings is 2. The lowest BCUT2D eigenvalue weighted by atomic mass is 10.2. The molecule has 25 heavy (non-hydrogen) atoms. The number of rotatable bonds is 3. The van der Waals surface area contributed by atoms with E-state index in [-0.39, 0.29) is 11.7 Å². The number of aromatic hydroxyl groups is 1. The number of methoxy groups -OCH3 is 1. The number of amides is 1. The fraction of sp³-hybridized carbons (Fsp3) is 0.0556. The third-order valence-electron chi connectivity index (χ3n) is 3.39. The molecule has 1 fully saturated rings. The number of carbonyl (C=O) groups excluding carboxylic acids is 2. The number of esters is 1. The zero-order valence-electron chi connectivity index (χ0n) is 13.2. The van der Waals surface area contributed by atoms with E-state index < -0.39 is 5.97 Å². The first kappa shape index (κ1) is 16.8. The molecule has 3 rings (SSSR count). The average molecular weight is 354 g/mol. The number of hydrogen-bond donors (Lipinski definition) is 2. The van der Waals surface area contributed by atoms with Gasteiger partial charge < -0.3 is 15.2 Å². The molecule has 2 N–H and O–H groups in total. The highest BCUT2D eigenvalue weighted by Gasteiger charge is 2.24. The Labute approximate surface area is 148 Å². The number of aliphatic imine (C=N–C) groups is 1. The fourth-order valence-electron chi connectivity index (χ4n) is 2.14. The van der Waals surface area contributed by atoms with E-state index in [1.807, 2.05) is 0 Å². The second-order valence-electron chi connectivity index (χ2n) is 5.08. The van der Waals surface area contributed by atoms with Crippen LogP contribution in [0, 0.1) is 0 Å². The van der Waals surface area contributed by atoms with Crippen LogP contribution >= 0.6 is 11.8 Å². The molecule has 0 aliphatic carbocycles. The molecule has 1 aliphatic heterocycles. The van der Waals surface area contributed by atoms with Crippen molar-refractivity contribution in [3.63, 3.8) is 0 Å². The van der Waals surface area contributed by atoms with Crippen molar-refractivity contribution in [3.8, 4) is 5.75 Å². The van der Waals surface area contributed by atoms with Crippen LogP contribution in [0.2, 0.25) is 0 Å². The van der Waals surface area contributed by atoms with Gasteiger partial charge in [0, 0.05) is 5.56 Å². The number of thioether (sulfide) groups is 1. The number of hydrogen-bond acceptors (Lipinski definition) is 6. The molecule has 0 atom stereocenters. The van der Waals surface area contributed by atoms with Gasteiger partial charge in [-0.1, -0.05) is 18.2 Å². The summed E-state index contributed by atoms with van der Waals surface area (Å²) in [7, 11) is 1.32. The lowest BCUT2D eigenvalue weighted by Crippen LogP contribution is -2.19. The van der Waals surface area contributed by atoms with Crippen LogP contribution in [0.4, 0.5) is 5.69 Å². The monoisotopic (exact) mass is 354 g/mol. The Kier molecular flexibility index (Phi) is 4.85. The predicted octanol–water partition coefficient (Wildman–Crippen LogP) is 3.07. The Balaban J connectivity index is 1.79. The molecule has 6 nitrogen and oxygen atoms in total. The van der Waals surface area contributed by atoms with Crippen molar-refractivity contribution < 1.29 is 19.4 Å². The van der Waals surface area contributed by atoms with Crippen molar-refractivity contribution in [2.24, 2.45) is 4.99 Å². The standard InChI is InChI=1S/C18H14N2O4S/c1-24-17(23)11-6-8-13(9-7-11)19-18-20-16(22)15(25-18)10-12-4-2-3-5-14(12)21/h2-10,21H,1H3,(H,19,20,22)/b15-10+. The van der Waals surface area contributed by atoms with Gasteiger partial charge >= 0.3 is 5.97 Å². The minimum Gasteiger partial charge on any atom is -0.507 e. The molecule has 0 spiro atoms. The molecular formula is C18H14N2O4S. The maximum absolute atomic E-state index is 12.0. The summed E-state index contributed by atoms with van der Waals surface area (Å²) >= 11 is 1.18. The van der Waals surface area contributed by atoms with Crippen LogP contribution in [0.15, 0.2) is 58.4 Å². The number of phenolic OH excluding ortho intramolecular Hbond substituents is 1. The lowest BCUT2D eigenvalue weighted by molar-refractivity contribution is -0.115. The topological polar surface area (TPSA) is 88.0 Å². The van der Waals surface area contributed by atoms with Crippen molar-refractivity contribution >= 4 is 40.6 Å². The fourth-order valence-corrected chi connectivity index (χ4v) is 2.97. The average Bonchev–Trinajstić information content (AvgIpc) is 2.96. The first-order valence-electron chi connectivity index (χ1n) is 7.33. The van der Waals surface area contributed by atoms with Gasteiger partial charge in [0.15, 0.2) is 5.17 Å². The summed E-state index contributed by atoms with van der Waals surface area (Å²) in [6.07, 6.45) is 1.61. The van der Waals surface area contributed by atoms with Crippen LogP contribution in [-0.2, 0) is 9.53 Å². The number of para-hydroxylation sites is 1. The Morgan fingerprint density at radius 2 is 1.92 bits per heavy atom. The van der Waals surface area contributed by atoms with Gasteiger partial charge in [0.1, 0.15) is 5.75 Å². The number of ether oxygens (including phenoxy) is 1. The Hall–Kier alpha value is -3.06. The summed E-state index contributed by atoms with van der Waals surface area (Å²) in [6, 6.07) is 13.3. The zero-order chi connectivity index (χ0) is 17.8. The van der Waals surface area contributed by atoms with Crippen LogP contribution in [0.1, 0.15) is 15.9 Å². The Bertz CT molecular complexity index is 888. The van der Waals surface area contributed by atoms with Crippen LogP contribution in [-0.4, -0.2) is 29.3 Å². The predicted molar refractivity (Wildman–Crippen MR) is 96.7 cm³/mol. The number of phenols is 1. The molecule has 1 saturated heterocycles. The van der Waals surface area contributed by atoms with Crippen LogP contribution in [0.25, 0.3) is 6.08 Å². The van der Waals surface area contributed by atoms with Gasteiger partial charge in [-0.25, -0.2) is 9.79 Å². The lowest BCUT2D eigenvalue weighted by Gasteiger charge is -2.00. The van der Waals surface area contributed by atoms with E-state index in [0.717, 1.165) is 0 Å². The second-order valence-corrected chi connectivity index (χ2v) is 6.11. The van der Waals surface area contributed by atoms with E-state index >= 15 is 0 Å². The van der Waals surface area contributed by atoms with E-state index in [0.29, 0.717) is 26.9 Å². The summed E-state index contributed by atoms with van der Waals surface area (Å²) < 4.78 is 4.64. The number of amidine groups is 1. The third-order valence-corrected chi connectivity index (χ3v) is 4.30. The van der Waals surface area contributed by atoms with E-state index in [2.05, 4.69) is 15.0 Å². The summed E-state index contributed by atoms with van der Waals surface area (Å²) in [5, 5.41) is 12.9. The van der Waals surface area contributed by atoms with E-state index in [4.69, 9.17) is 0 Å². The maximum Gasteiger partial charge on any atom is 0.337 e. The van der Waals surface area contributed by atoms with Gasteiger partial charge in [0.2, 0.25) is 0 Å². The Morgan fingerprint density at radius 1 is 1.20 bits per heavy atom. The maximum atomic E-state index is 12.0. The molecule has 0 saturated carbocycles. The number of nitrogens with zero attached hydrogens (tertiary/aromatic N) is 1. The minimum atomic E-state index is -0.421. The van der Waals surface area contributed by atoms with Crippen LogP contribution < -0.4 is 5.32 Å². The van der Waals surface area contributed by atoms with Crippen LogP contribution in [0.3, 0.4) is 0 Å². The molecule has 1 aliphatic rings. The van der Waals surface area contributed by atoms with E-state index in [9.17, 15) is 14.7 Å². The van der Waals surface area contributed by atoms with Crippen LogP contribution in [0.5, 0.6) is 5.75 Å². The highest BCUT2D eigenvalue weighted by molar-refractivity contribution is 8.18. The molecule has 0 radical (unpaired) electrons. The van der Waals surface area contributed by atoms with E-state index in [1.165, 1.54) is 18.9 Å². The van der Waals surface area contributed by atoms with Gasteiger partial charge in [0.25, 0.3) is 5.91 Å². The van der Waals surface area contributed by atoms with Crippen molar-refractivity contribution in [1.82, 2.24) is 5.32 Å². The molecule has 2 aromatic rings. The highest BCUT2D eigenvalue weighted by Crippen LogP contribution is 2.30. The first-order valence-corrected chi connectivity index (χ1v) is 8.14. The number of nitrogens with one attached hydrogen (secondary N) is 1. The minimum absolute atomic E-state index is 0.104. The van der Waals surface area contributed by atoms with Gasteiger partial charge in [-0.2, -0.15) is 0 Å². The largest absolute Gasteiger partial charge is 0.507 e. The normalized spacial score (nSPS) is 16.9. The van der Waals surface area contributed by atoms with Gasteiger partial charge in [-0.3, -0.25) is 4.79 Å². The SMILES string of the molecule is COC(=O)c1ccc(N=C2NC(=O)/C(=C\c3ccccc3O)S2)cc1. The van der Waals surface area contributed by atoms with Crippen molar-refractivity contribution in [2.75, 3.05) is 7.11 Å². The molecule has 1 amide bonds. The Morgan fingerprint density at radius 3 is 2.60 bits per heavy atom. The summed E-state index contributed by atoms with van der Waals surface area (Å²) in [5.74, 6) is -0.596. The van der Waals surface area contributed by atoms with Crippen molar-refractivity contribution in [2.45, 2.75) is 0 Å². The molecule has 7 heteroatoms. The van der Waals surface area contributed by atoms with Gasteiger partial charge in [-0.15, -0.1) is 0 Å². The molecule has 1 heterocycles. The van der Waals surface area contributed by atoms with E-state index in [1.54, 1.807) is 54.6 Å².